The topological polar surface area (TPSA) is 87.1 Å². The van der Waals surface area contributed by atoms with Crippen LogP contribution in [0.4, 0.5) is 4.79 Å². The summed E-state index contributed by atoms with van der Waals surface area (Å²) in [5, 5.41) is 20.2. The second kappa shape index (κ2) is 5.36. The van der Waals surface area contributed by atoms with Gasteiger partial charge in [0.1, 0.15) is 12.1 Å². The van der Waals surface area contributed by atoms with Crippen LogP contribution in [0, 0.1) is 17.8 Å². The molecule has 4 rings (SSSR count). The van der Waals surface area contributed by atoms with Gasteiger partial charge in [0.2, 0.25) is 0 Å². The number of hydrogen-bond acceptors (Lipinski definition) is 4. The molecule has 4 bridgehead atoms. The monoisotopic (exact) mass is 325 g/mol. The quantitative estimate of drug-likeness (QED) is 0.831. The molecular formula is C17H27NO5. The molecule has 4 aliphatic rings. The molecule has 4 saturated carbocycles. The summed E-state index contributed by atoms with van der Waals surface area (Å²) in [6.45, 7) is 4.87. The third-order valence-electron chi connectivity index (χ3n) is 5.67. The number of aliphatic carboxylic acids is 1. The highest BCUT2D eigenvalue weighted by Crippen LogP contribution is 2.58. The van der Waals surface area contributed by atoms with Crippen LogP contribution >= 0.6 is 0 Å². The van der Waals surface area contributed by atoms with Crippen LogP contribution in [-0.2, 0) is 9.53 Å². The highest BCUT2D eigenvalue weighted by molar-refractivity contribution is 5.78. The third-order valence-corrected chi connectivity index (χ3v) is 5.67. The SMILES string of the molecule is CC(C)(C)OC(=O)N(CC(=O)O)C12CC3CC(CC(C3)[C@@H]1O)C2. The lowest BCUT2D eigenvalue weighted by molar-refractivity contribution is -0.174. The largest absolute Gasteiger partial charge is 0.480 e. The average molecular weight is 325 g/mol. The molecule has 130 valence electrons. The fraction of sp³-hybridized carbons (Fsp3) is 0.882. The minimum atomic E-state index is -1.07. The standard InChI is InChI=1S/C17H27NO5/c1-16(2,3)23-15(22)18(9-13(19)20)17-7-10-4-11(8-17)6-12(5-10)14(17)21/h10-12,14,21H,4-9H2,1-3H3,(H,19,20)/t10?,11?,12?,14-,17?/m0/s1. The van der Waals surface area contributed by atoms with Crippen LogP contribution in [0.3, 0.4) is 0 Å². The number of carboxylic acid groups (broad SMARTS) is 1. The number of carbonyl (C=O) groups excluding carboxylic acids is 1. The van der Waals surface area contributed by atoms with Crippen molar-refractivity contribution in [1.29, 1.82) is 0 Å². The molecule has 1 amide bonds. The Bertz CT molecular complexity index is 498. The molecule has 4 fully saturated rings. The molecule has 0 spiro atoms. The Morgan fingerprint density at radius 2 is 1.74 bits per heavy atom. The van der Waals surface area contributed by atoms with E-state index in [4.69, 9.17) is 4.74 Å². The van der Waals surface area contributed by atoms with Crippen molar-refractivity contribution < 1.29 is 24.5 Å². The first kappa shape index (κ1) is 16.6. The molecule has 0 heterocycles. The number of carboxylic acids is 1. The van der Waals surface area contributed by atoms with Gasteiger partial charge in [0, 0.05) is 0 Å². The van der Waals surface area contributed by atoms with E-state index in [0.29, 0.717) is 24.7 Å². The van der Waals surface area contributed by atoms with E-state index in [1.165, 1.54) is 4.90 Å². The fourth-order valence-electron chi connectivity index (χ4n) is 5.21. The lowest BCUT2D eigenvalue weighted by atomic mass is 9.51. The van der Waals surface area contributed by atoms with Gasteiger partial charge in [-0.25, -0.2) is 4.79 Å². The number of aliphatic hydroxyl groups excluding tert-OH is 1. The molecule has 0 aromatic rings. The van der Waals surface area contributed by atoms with Gasteiger partial charge in [0.05, 0.1) is 11.6 Å². The number of rotatable bonds is 3. The van der Waals surface area contributed by atoms with E-state index in [0.717, 1.165) is 19.3 Å². The number of amides is 1. The van der Waals surface area contributed by atoms with E-state index in [2.05, 4.69) is 0 Å². The number of hydrogen-bond donors (Lipinski definition) is 2. The van der Waals surface area contributed by atoms with Gasteiger partial charge in [-0.1, -0.05) is 0 Å². The molecular weight excluding hydrogens is 298 g/mol. The summed E-state index contributed by atoms with van der Waals surface area (Å²) in [4.78, 5) is 25.3. The highest BCUT2D eigenvalue weighted by Gasteiger charge is 2.61. The first-order valence-electron chi connectivity index (χ1n) is 8.51. The lowest BCUT2D eigenvalue weighted by Gasteiger charge is -2.62. The molecule has 0 aliphatic heterocycles. The summed E-state index contributed by atoms with van der Waals surface area (Å²) >= 11 is 0. The highest BCUT2D eigenvalue weighted by atomic mass is 16.6. The molecule has 0 aromatic carbocycles. The molecule has 6 nitrogen and oxygen atoms in total. The number of ether oxygens (including phenoxy) is 1. The van der Waals surface area contributed by atoms with Gasteiger partial charge in [-0.15, -0.1) is 0 Å². The van der Waals surface area contributed by atoms with Crippen LogP contribution in [0.15, 0.2) is 0 Å². The smallest absolute Gasteiger partial charge is 0.411 e. The van der Waals surface area contributed by atoms with Gasteiger partial charge in [-0.3, -0.25) is 9.69 Å². The zero-order valence-corrected chi connectivity index (χ0v) is 14.1. The van der Waals surface area contributed by atoms with Gasteiger partial charge in [0.25, 0.3) is 0 Å². The summed E-state index contributed by atoms with van der Waals surface area (Å²) < 4.78 is 5.45. The zero-order valence-electron chi connectivity index (χ0n) is 14.1. The van der Waals surface area contributed by atoms with E-state index in [1.807, 2.05) is 0 Å². The van der Waals surface area contributed by atoms with E-state index >= 15 is 0 Å². The molecule has 23 heavy (non-hydrogen) atoms. The van der Waals surface area contributed by atoms with E-state index in [9.17, 15) is 19.8 Å². The van der Waals surface area contributed by atoms with Crippen molar-refractivity contribution in [3.8, 4) is 0 Å². The Hall–Kier alpha value is -1.30. The van der Waals surface area contributed by atoms with Crippen LogP contribution in [0.5, 0.6) is 0 Å². The third kappa shape index (κ3) is 2.93. The van der Waals surface area contributed by atoms with E-state index < -0.39 is 35.9 Å². The molecule has 3 atom stereocenters. The van der Waals surface area contributed by atoms with E-state index in [-0.39, 0.29) is 5.92 Å². The van der Waals surface area contributed by atoms with Crippen molar-refractivity contribution in [2.24, 2.45) is 17.8 Å². The Morgan fingerprint density at radius 1 is 1.17 bits per heavy atom. The van der Waals surface area contributed by atoms with Crippen molar-refractivity contribution in [1.82, 2.24) is 4.90 Å². The van der Waals surface area contributed by atoms with Crippen molar-refractivity contribution in [3.63, 3.8) is 0 Å². The summed E-state index contributed by atoms with van der Waals surface area (Å²) in [7, 11) is 0. The van der Waals surface area contributed by atoms with Crippen LogP contribution in [0.2, 0.25) is 0 Å². The van der Waals surface area contributed by atoms with Gasteiger partial charge in [0.15, 0.2) is 0 Å². The van der Waals surface area contributed by atoms with Crippen molar-refractivity contribution in [3.05, 3.63) is 0 Å². The maximum absolute atomic E-state index is 12.7. The summed E-state index contributed by atoms with van der Waals surface area (Å²) in [6.07, 6.45) is 3.23. The van der Waals surface area contributed by atoms with Gasteiger partial charge >= 0.3 is 12.1 Å². The molecule has 4 aliphatic carbocycles. The van der Waals surface area contributed by atoms with Gasteiger partial charge < -0.3 is 14.9 Å². The number of aliphatic hydroxyl groups is 1. The second-order valence-corrected chi connectivity index (χ2v) is 8.62. The predicted octanol–water partition coefficient (Wildman–Crippen LogP) is 2.25. The minimum absolute atomic E-state index is 0.181. The molecule has 0 aromatic heterocycles. The van der Waals surface area contributed by atoms with Gasteiger partial charge in [-0.05, 0) is 70.6 Å². The normalized spacial score (nSPS) is 38.4. The Kier molecular flexibility index (Phi) is 3.86. The van der Waals surface area contributed by atoms with E-state index in [1.54, 1.807) is 20.8 Å². The maximum atomic E-state index is 12.7. The van der Waals surface area contributed by atoms with Crippen molar-refractivity contribution >= 4 is 12.1 Å². The van der Waals surface area contributed by atoms with Crippen molar-refractivity contribution in [2.45, 2.75) is 70.1 Å². The number of carbonyl (C=O) groups is 2. The Labute approximate surface area is 136 Å². The van der Waals surface area contributed by atoms with Crippen LogP contribution < -0.4 is 0 Å². The Balaban J connectivity index is 1.92. The first-order chi connectivity index (χ1) is 10.6. The van der Waals surface area contributed by atoms with Crippen LogP contribution in [0.1, 0.15) is 52.9 Å². The molecule has 0 saturated heterocycles. The number of nitrogens with zero attached hydrogens (tertiary/aromatic N) is 1. The zero-order chi connectivity index (χ0) is 17.0. The summed E-state index contributed by atoms with van der Waals surface area (Å²) in [5.41, 5.74) is -1.46. The maximum Gasteiger partial charge on any atom is 0.411 e. The summed E-state index contributed by atoms with van der Waals surface area (Å²) in [6, 6.07) is 0. The van der Waals surface area contributed by atoms with Gasteiger partial charge in [-0.2, -0.15) is 0 Å². The predicted molar refractivity (Wildman–Crippen MR) is 82.9 cm³/mol. The van der Waals surface area contributed by atoms with Crippen molar-refractivity contribution in [2.75, 3.05) is 6.54 Å². The molecule has 6 heteroatoms. The minimum Gasteiger partial charge on any atom is -0.480 e. The summed E-state index contributed by atoms with van der Waals surface area (Å²) in [5.74, 6) is 0.0723. The Morgan fingerprint density at radius 3 is 2.22 bits per heavy atom. The second-order valence-electron chi connectivity index (χ2n) is 8.62. The first-order valence-corrected chi connectivity index (χ1v) is 8.51. The average Bonchev–Trinajstić information content (AvgIpc) is 2.38. The van der Waals surface area contributed by atoms with Crippen LogP contribution in [-0.4, -0.2) is 51.0 Å². The molecule has 0 radical (unpaired) electrons. The molecule has 2 unspecified atom stereocenters. The molecule has 2 N–H and O–H groups in total. The van der Waals surface area contributed by atoms with Crippen LogP contribution in [0.25, 0.3) is 0 Å². The lowest BCUT2D eigenvalue weighted by Crippen LogP contribution is -2.70. The fourth-order valence-corrected chi connectivity index (χ4v) is 5.21.